The molecule has 0 saturated carbocycles. The van der Waals surface area contributed by atoms with Gasteiger partial charge in [0.05, 0.1) is 4.47 Å². The Hall–Kier alpha value is -0.610. The second-order valence-electron chi connectivity index (χ2n) is 5.34. The average Bonchev–Trinajstić information content (AvgIpc) is 2.17. The number of hydrogen-bond acceptors (Lipinski definition) is 2. The van der Waals surface area contributed by atoms with Gasteiger partial charge in [-0.15, -0.1) is 0 Å². The highest BCUT2D eigenvalue weighted by molar-refractivity contribution is 9.10. The molecule has 0 radical (unpaired) electrons. The van der Waals surface area contributed by atoms with Gasteiger partial charge in [-0.25, -0.2) is 4.39 Å². The molecule has 4 heteroatoms. The van der Waals surface area contributed by atoms with Crippen LogP contribution in [0.5, 0.6) is 5.75 Å². The van der Waals surface area contributed by atoms with Crippen molar-refractivity contribution in [3.8, 4) is 5.75 Å². The van der Waals surface area contributed by atoms with Crippen LogP contribution in [0.1, 0.15) is 27.7 Å². The highest BCUT2D eigenvalue weighted by Gasteiger charge is 2.30. The van der Waals surface area contributed by atoms with Crippen LogP contribution in [0.3, 0.4) is 0 Å². The van der Waals surface area contributed by atoms with Gasteiger partial charge in [-0.05, 0) is 35.0 Å². The molecule has 17 heavy (non-hydrogen) atoms. The summed E-state index contributed by atoms with van der Waals surface area (Å²) in [5.74, 6) is 0.169. The Balaban J connectivity index is 2.98. The van der Waals surface area contributed by atoms with E-state index in [1.807, 2.05) is 27.7 Å². The lowest BCUT2D eigenvalue weighted by Gasteiger charge is -2.34. The molecule has 0 aliphatic heterocycles. The summed E-state index contributed by atoms with van der Waals surface area (Å²) in [5.41, 5.74) is 5.81. The van der Waals surface area contributed by atoms with Gasteiger partial charge in [-0.2, -0.15) is 0 Å². The molecule has 0 amide bonds. The normalized spacial score (nSPS) is 15.5. The van der Waals surface area contributed by atoms with Crippen molar-refractivity contribution in [3.63, 3.8) is 0 Å². The number of ether oxygens (including phenoxy) is 1. The van der Waals surface area contributed by atoms with Gasteiger partial charge in [0, 0.05) is 17.5 Å². The summed E-state index contributed by atoms with van der Waals surface area (Å²) in [5, 5.41) is 0. The quantitative estimate of drug-likeness (QED) is 0.923. The molecule has 96 valence electrons. The number of benzene rings is 1. The third-order valence-electron chi connectivity index (χ3n) is 2.48. The summed E-state index contributed by atoms with van der Waals surface area (Å²) in [4.78, 5) is 0. The third-order valence-corrected chi connectivity index (χ3v) is 3.13. The summed E-state index contributed by atoms with van der Waals surface area (Å²) >= 11 is 3.34. The van der Waals surface area contributed by atoms with Gasteiger partial charge in [0.1, 0.15) is 17.7 Å². The average molecular weight is 304 g/mol. The molecule has 0 bridgehead atoms. The molecule has 0 heterocycles. The molecule has 0 aliphatic rings. The van der Waals surface area contributed by atoms with Crippen LogP contribution in [0.4, 0.5) is 4.39 Å². The lowest BCUT2D eigenvalue weighted by atomic mass is 9.85. The molecule has 0 aliphatic carbocycles. The van der Waals surface area contributed by atoms with E-state index in [-0.39, 0.29) is 23.4 Å². The topological polar surface area (TPSA) is 35.2 Å². The molecule has 0 aromatic heterocycles. The van der Waals surface area contributed by atoms with Gasteiger partial charge >= 0.3 is 0 Å². The van der Waals surface area contributed by atoms with Crippen LogP contribution in [-0.4, -0.2) is 12.1 Å². The Morgan fingerprint density at radius 2 is 1.94 bits per heavy atom. The minimum absolute atomic E-state index is 0.111. The largest absolute Gasteiger partial charge is 0.487 e. The fourth-order valence-corrected chi connectivity index (χ4v) is 2.12. The Bertz CT molecular complexity index is 387. The first-order valence-corrected chi connectivity index (χ1v) is 6.38. The van der Waals surface area contributed by atoms with Crippen LogP contribution in [0.15, 0.2) is 22.7 Å². The number of nitrogens with two attached hydrogens (primary N) is 1. The van der Waals surface area contributed by atoms with Crippen LogP contribution in [-0.2, 0) is 0 Å². The number of halogens is 2. The van der Waals surface area contributed by atoms with Gasteiger partial charge in [-0.3, -0.25) is 0 Å². The van der Waals surface area contributed by atoms with Crippen LogP contribution in [0.2, 0.25) is 0 Å². The zero-order valence-electron chi connectivity index (χ0n) is 10.6. The van der Waals surface area contributed by atoms with E-state index < -0.39 is 0 Å². The first kappa shape index (κ1) is 14.5. The van der Waals surface area contributed by atoms with Crippen molar-refractivity contribution in [3.05, 3.63) is 28.5 Å². The maximum absolute atomic E-state index is 13.2. The lowest BCUT2D eigenvalue weighted by molar-refractivity contribution is 0.0674. The van der Waals surface area contributed by atoms with Crippen LogP contribution in [0.25, 0.3) is 0 Å². The number of hydrogen-bond donors (Lipinski definition) is 1. The minimum atomic E-state index is -0.319. The molecule has 2 unspecified atom stereocenters. The van der Waals surface area contributed by atoms with E-state index in [0.717, 1.165) is 4.47 Å². The Kier molecular flexibility index (Phi) is 4.55. The molecule has 0 saturated heterocycles. The predicted octanol–water partition coefficient (Wildman–Crippen LogP) is 3.73. The molecular weight excluding hydrogens is 285 g/mol. The van der Waals surface area contributed by atoms with Crippen molar-refractivity contribution < 1.29 is 9.13 Å². The van der Waals surface area contributed by atoms with Crippen molar-refractivity contribution >= 4 is 15.9 Å². The van der Waals surface area contributed by atoms with Gasteiger partial charge in [0.25, 0.3) is 0 Å². The maximum atomic E-state index is 13.2. The smallest absolute Gasteiger partial charge is 0.136 e. The van der Waals surface area contributed by atoms with Crippen molar-refractivity contribution in [2.45, 2.75) is 39.8 Å². The molecule has 0 spiro atoms. The van der Waals surface area contributed by atoms with Crippen molar-refractivity contribution in [1.29, 1.82) is 0 Å². The Morgan fingerprint density at radius 3 is 2.41 bits per heavy atom. The molecule has 1 rings (SSSR count). The van der Waals surface area contributed by atoms with Crippen molar-refractivity contribution in [1.82, 2.24) is 0 Å². The molecular formula is C13H19BrFNO. The SMILES string of the molecule is CC(N)C(Oc1cc(F)ccc1Br)C(C)(C)C. The zero-order valence-corrected chi connectivity index (χ0v) is 12.2. The number of rotatable bonds is 3. The predicted molar refractivity (Wildman–Crippen MR) is 71.6 cm³/mol. The maximum Gasteiger partial charge on any atom is 0.136 e. The highest BCUT2D eigenvalue weighted by Crippen LogP contribution is 2.31. The standard InChI is InChI=1S/C13H19BrFNO/c1-8(16)12(13(2,3)4)17-11-7-9(15)5-6-10(11)14/h5-8,12H,16H2,1-4H3. The summed E-state index contributed by atoms with van der Waals surface area (Å²) in [7, 11) is 0. The second-order valence-corrected chi connectivity index (χ2v) is 6.19. The molecule has 1 aromatic carbocycles. The summed E-state index contributed by atoms with van der Waals surface area (Å²) in [6.45, 7) is 8.04. The van der Waals surface area contributed by atoms with E-state index in [2.05, 4.69) is 15.9 Å². The van der Waals surface area contributed by atoms with Crippen molar-refractivity contribution in [2.75, 3.05) is 0 Å². The fourth-order valence-electron chi connectivity index (χ4n) is 1.78. The zero-order chi connectivity index (χ0) is 13.2. The monoisotopic (exact) mass is 303 g/mol. The van der Waals surface area contributed by atoms with Gasteiger partial charge in [0.2, 0.25) is 0 Å². The summed E-state index contributed by atoms with van der Waals surface area (Å²) in [6.07, 6.45) is -0.180. The molecule has 2 N–H and O–H groups in total. The van der Waals surface area contributed by atoms with E-state index in [4.69, 9.17) is 10.5 Å². The molecule has 0 fully saturated rings. The molecule has 1 aromatic rings. The van der Waals surface area contributed by atoms with Crippen LogP contribution in [0, 0.1) is 11.2 Å². The van der Waals surface area contributed by atoms with Gasteiger partial charge < -0.3 is 10.5 Å². The Labute approximate surface area is 110 Å². The van der Waals surface area contributed by atoms with E-state index in [1.165, 1.54) is 12.1 Å². The first-order chi connectivity index (χ1) is 7.71. The van der Waals surface area contributed by atoms with Crippen LogP contribution < -0.4 is 10.5 Å². The van der Waals surface area contributed by atoms with E-state index in [1.54, 1.807) is 6.07 Å². The van der Waals surface area contributed by atoms with Crippen molar-refractivity contribution in [2.24, 2.45) is 11.1 Å². The molecule has 2 nitrogen and oxygen atoms in total. The molecule has 2 atom stereocenters. The van der Waals surface area contributed by atoms with Gasteiger partial charge in [-0.1, -0.05) is 20.8 Å². The van der Waals surface area contributed by atoms with E-state index in [9.17, 15) is 4.39 Å². The first-order valence-electron chi connectivity index (χ1n) is 5.59. The van der Waals surface area contributed by atoms with Crippen LogP contribution >= 0.6 is 15.9 Å². The second kappa shape index (κ2) is 5.36. The summed E-state index contributed by atoms with van der Waals surface area (Å²) in [6, 6.07) is 4.25. The summed E-state index contributed by atoms with van der Waals surface area (Å²) < 4.78 is 19.7. The Morgan fingerprint density at radius 1 is 1.35 bits per heavy atom. The fraction of sp³-hybridized carbons (Fsp3) is 0.538. The van der Waals surface area contributed by atoms with E-state index in [0.29, 0.717) is 5.75 Å². The van der Waals surface area contributed by atoms with E-state index >= 15 is 0 Å². The highest BCUT2D eigenvalue weighted by atomic mass is 79.9. The lowest BCUT2D eigenvalue weighted by Crippen LogP contribution is -2.45. The minimum Gasteiger partial charge on any atom is -0.487 e. The third kappa shape index (κ3) is 3.96. The van der Waals surface area contributed by atoms with Gasteiger partial charge in [0.15, 0.2) is 0 Å².